The number of hydrogen-bond acceptors (Lipinski definition) is 4. The third-order valence-corrected chi connectivity index (χ3v) is 6.67. The van der Waals surface area contributed by atoms with Crippen molar-refractivity contribution in [2.75, 3.05) is 27.2 Å². The first-order chi connectivity index (χ1) is 16.0. The predicted molar refractivity (Wildman–Crippen MR) is 132 cm³/mol. The summed E-state index contributed by atoms with van der Waals surface area (Å²) in [5.74, 6) is 0.566. The fourth-order valence-electron chi connectivity index (χ4n) is 4.57. The van der Waals surface area contributed by atoms with E-state index in [2.05, 4.69) is 29.2 Å². The van der Waals surface area contributed by atoms with Crippen LogP contribution in [0.3, 0.4) is 0 Å². The van der Waals surface area contributed by atoms with Crippen molar-refractivity contribution >= 4 is 17.5 Å². The highest BCUT2D eigenvalue weighted by atomic mass is 35.5. The normalized spacial score (nSPS) is 15.6. The van der Waals surface area contributed by atoms with Gasteiger partial charge < -0.3 is 10.0 Å². The summed E-state index contributed by atoms with van der Waals surface area (Å²) in [5.41, 5.74) is 5.09. The summed E-state index contributed by atoms with van der Waals surface area (Å²) in [5, 5.41) is 9.89. The first-order valence-electron chi connectivity index (χ1n) is 11.3. The van der Waals surface area contributed by atoms with Gasteiger partial charge in [0.2, 0.25) is 5.91 Å². The maximum Gasteiger partial charge on any atom is 0.244 e. The minimum Gasteiger partial charge on any atom is -0.390 e. The number of likely N-dealkylation sites (tertiary alicyclic amines) is 1. The molecule has 1 amide bonds. The Kier molecular flexibility index (Phi) is 7.43. The van der Waals surface area contributed by atoms with Gasteiger partial charge in [-0.1, -0.05) is 54.1 Å². The Labute approximate surface area is 200 Å². The molecule has 3 aromatic rings. The van der Waals surface area contributed by atoms with Crippen molar-refractivity contribution < 1.29 is 9.90 Å². The highest BCUT2D eigenvalue weighted by molar-refractivity contribution is 6.30. The highest BCUT2D eigenvalue weighted by Gasteiger charge is 2.31. The Morgan fingerprint density at radius 3 is 2.42 bits per heavy atom. The molecule has 0 spiro atoms. The Morgan fingerprint density at radius 2 is 1.82 bits per heavy atom. The molecule has 1 unspecified atom stereocenters. The Bertz CT molecular complexity index is 1080. The molecule has 4 rings (SSSR count). The molecule has 5 nitrogen and oxygen atoms in total. The number of aliphatic hydroxyl groups excluding tert-OH is 1. The molecule has 1 fully saturated rings. The van der Waals surface area contributed by atoms with E-state index in [1.165, 1.54) is 5.56 Å². The summed E-state index contributed by atoms with van der Waals surface area (Å²) in [4.78, 5) is 21.7. The van der Waals surface area contributed by atoms with Gasteiger partial charge in [-0.15, -0.1) is 0 Å². The Balaban J connectivity index is 1.44. The number of aromatic nitrogens is 1. The summed E-state index contributed by atoms with van der Waals surface area (Å²) in [7, 11) is 3.88. The quantitative estimate of drug-likeness (QED) is 0.564. The van der Waals surface area contributed by atoms with E-state index in [1.54, 1.807) is 0 Å². The zero-order valence-corrected chi connectivity index (χ0v) is 19.9. The van der Waals surface area contributed by atoms with Gasteiger partial charge in [0.05, 0.1) is 12.3 Å². The summed E-state index contributed by atoms with van der Waals surface area (Å²) in [6.45, 7) is 1.45. The van der Waals surface area contributed by atoms with Crippen LogP contribution in [0.15, 0.2) is 66.9 Å². The van der Waals surface area contributed by atoms with Gasteiger partial charge in [-0.05, 0) is 67.7 Å². The van der Waals surface area contributed by atoms with Gasteiger partial charge in [0.1, 0.15) is 6.04 Å². The van der Waals surface area contributed by atoms with Crippen LogP contribution in [-0.4, -0.2) is 53.0 Å². The lowest BCUT2D eigenvalue weighted by atomic mass is 9.87. The third-order valence-electron chi connectivity index (χ3n) is 6.42. The van der Waals surface area contributed by atoms with Crippen LogP contribution in [0, 0.1) is 0 Å². The Morgan fingerprint density at radius 1 is 1.09 bits per heavy atom. The molecular formula is C27H30ClN3O2. The molecule has 6 heteroatoms. The number of pyridine rings is 1. The van der Waals surface area contributed by atoms with Gasteiger partial charge in [0.25, 0.3) is 0 Å². The second-order valence-electron chi connectivity index (χ2n) is 8.84. The van der Waals surface area contributed by atoms with E-state index >= 15 is 0 Å². The first-order valence-corrected chi connectivity index (χ1v) is 11.7. The van der Waals surface area contributed by atoms with Crippen molar-refractivity contribution in [2.24, 2.45) is 0 Å². The average Bonchev–Trinajstić information content (AvgIpc) is 2.85. The fourth-order valence-corrected chi connectivity index (χ4v) is 4.70. The predicted octanol–water partition coefficient (Wildman–Crippen LogP) is 4.90. The number of amides is 1. The SMILES string of the molecule is CN(C)C(C(=O)N1CCC(c2cccc(-c3ccc(CO)nc3)c2)CC1)c1ccc(Cl)cc1. The molecule has 172 valence electrons. The number of carbonyl (C=O) groups excluding carboxylic acids is 1. The van der Waals surface area contributed by atoms with Gasteiger partial charge in [-0.2, -0.15) is 0 Å². The van der Waals surface area contributed by atoms with E-state index in [1.807, 2.05) is 66.5 Å². The van der Waals surface area contributed by atoms with Gasteiger partial charge in [0.15, 0.2) is 0 Å². The molecule has 0 bridgehead atoms. The molecule has 0 aliphatic carbocycles. The zero-order chi connectivity index (χ0) is 23.4. The van der Waals surface area contributed by atoms with Gasteiger partial charge >= 0.3 is 0 Å². The molecule has 2 aromatic carbocycles. The minimum absolute atomic E-state index is 0.0513. The lowest BCUT2D eigenvalue weighted by Gasteiger charge is -2.36. The Hall–Kier alpha value is -2.73. The topological polar surface area (TPSA) is 56.7 Å². The number of aliphatic hydroxyl groups is 1. The summed E-state index contributed by atoms with van der Waals surface area (Å²) < 4.78 is 0. The molecule has 33 heavy (non-hydrogen) atoms. The van der Waals surface area contributed by atoms with Crippen LogP contribution in [0.25, 0.3) is 11.1 Å². The lowest BCUT2D eigenvalue weighted by molar-refractivity contribution is -0.137. The van der Waals surface area contributed by atoms with Crippen LogP contribution < -0.4 is 0 Å². The summed E-state index contributed by atoms with van der Waals surface area (Å²) in [6, 6.07) is 19.7. The van der Waals surface area contributed by atoms with Crippen molar-refractivity contribution in [1.29, 1.82) is 0 Å². The third kappa shape index (κ3) is 5.44. The highest BCUT2D eigenvalue weighted by Crippen LogP contribution is 2.32. The second kappa shape index (κ2) is 10.5. The van der Waals surface area contributed by atoms with Crippen molar-refractivity contribution in [3.05, 3.63) is 88.7 Å². The standard InChI is InChI=1S/C27H30ClN3O2/c1-30(2)26(20-6-9-24(28)10-7-20)27(33)31-14-12-19(13-15-31)21-4-3-5-22(16-21)23-8-11-25(18-32)29-17-23/h3-11,16-17,19,26,32H,12-15,18H2,1-2H3. The number of halogens is 1. The number of likely N-dealkylation sites (N-methyl/N-ethyl adjacent to an activating group) is 1. The number of carbonyl (C=O) groups is 1. The summed E-state index contributed by atoms with van der Waals surface area (Å²) in [6.07, 6.45) is 3.69. The van der Waals surface area contributed by atoms with E-state index in [-0.39, 0.29) is 18.6 Å². The van der Waals surface area contributed by atoms with Crippen LogP contribution in [0.5, 0.6) is 0 Å². The zero-order valence-electron chi connectivity index (χ0n) is 19.1. The van der Waals surface area contributed by atoms with Crippen LogP contribution in [0.4, 0.5) is 0 Å². The van der Waals surface area contributed by atoms with Crippen molar-refractivity contribution in [3.8, 4) is 11.1 Å². The second-order valence-corrected chi connectivity index (χ2v) is 9.28. The van der Waals surface area contributed by atoms with E-state index in [4.69, 9.17) is 11.6 Å². The maximum atomic E-state index is 13.4. The smallest absolute Gasteiger partial charge is 0.244 e. The van der Waals surface area contributed by atoms with Crippen molar-refractivity contribution in [3.63, 3.8) is 0 Å². The van der Waals surface area contributed by atoms with Crippen molar-refractivity contribution in [1.82, 2.24) is 14.8 Å². The monoisotopic (exact) mass is 463 g/mol. The van der Waals surface area contributed by atoms with E-state index in [0.717, 1.165) is 42.6 Å². The van der Waals surface area contributed by atoms with Crippen molar-refractivity contribution in [2.45, 2.75) is 31.4 Å². The molecule has 1 aromatic heterocycles. The van der Waals surface area contributed by atoms with E-state index in [9.17, 15) is 9.90 Å². The molecule has 0 radical (unpaired) electrons. The molecule has 1 aliphatic rings. The minimum atomic E-state index is -0.309. The first kappa shape index (κ1) is 23.4. The summed E-state index contributed by atoms with van der Waals surface area (Å²) >= 11 is 6.04. The maximum absolute atomic E-state index is 13.4. The van der Waals surface area contributed by atoms with Crippen LogP contribution in [0.1, 0.15) is 41.6 Å². The van der Waals surface area contributed by atoms with Gasteiger partial charge in [-0.25, -0.2) is 0 Å². The number of hydrogen-bond donors (Lipinski definition) is 1. The molecule has 1 saturated heterocycles. The lowest BCUT2D eigenvalue weighted by Crippen LogP contribution is -2.44. The number of benzene rings is 2. The molecule has 1 atom stereocenters. The van der Waals surface area contributed by atoms with Gasteiger partial charge in [0, 0.05) is 29.9 Å². The van der Waals surface area contributed by atoms with Gasteiger partial charge in [-0.3, -0.25) is 14.7 Å². The molecule has 2 heterocycles. The van der Waals surface area contributed by atoms with E-state index in [0.29, 0.717) is 16.6 Å². The number of rotatable bonds is 6. The number of nitrogens with zero attached hydrogens (tertiary/aromatic N) is 3. The van der Waals surface area contributed by atoms with Crippen LogP contribution in [-0.2, 0) is 11.4 Å². The molecule has 1 N–H and O–H groups in total. The molecule has 0 saturated carbocycles. The molecule has 1 aliphatic heterocycles. The van der Waals surface area contributed by atoms with Crippen LogP contribution in [0.2, 0.25) is 5.02 Å². The average molecular weight is 464 g/mol. The van der Waals surface area contributed by atoms with Crippen LogP contribution >= 0.6 is 11.6 Å². The fraction of sp³-hybridized carbons (Fsp3) is 0.333. The largest absolute Gasteiger partial charge is 0.390 e. The molecular weight excluding hydrogens is 434 g/mol. The van der Waals surface area contributed by atoms with E-state index < -0.39 is 0 Å². The number of piperidine rings is 1.